The van der Waals surface area contributed by atoms with Crippen LogP contribution < -0.4 is 0 Å². The summed E-state index contributed by atoms with van der Waals surface area (Å²) in [5, 5.41) is 8.75. The minimum Gasteiger partial charge on any atom is -0.308 e. The molecule has 1 aromatic rings. The minimum absolute atomic E-state index is 0.240. The third-order valence-electron chi connectivity index (χ3n) is 2.89. The van der Waals surface area contributed by atoms with Crippen LogP contribution in [-0.2, 0) is 10.0 Å². The molecule has 0 aliphatic carbocycles. The smallest absolute Gasteiger partial charge is 0.243 e. The SMILES string of the molecule is CCCN(CCN(C)C)S(=O)(=O)c1ccc(C#N)cc1. The van der Waals surface area contributed by atoms with E-state index in [1.165, 1.54) is 28.6 Å². The zero-order valence-electron chi connectivity index (χ0n) is 12.2. The van der Waals surface area contributed by atoms with Gasteiger partial charge in [0.2, 0.25) is 10.0 Å². The largest absolute Gasteiger partial charge is 0.308 e. The number of rotatable bonds is 7. The molecule has 0 unspecified atom stereocenters. The first-order chi connectivity index (χ1) is 9.41. The maximum Gasteiger partial charge on any atom is 0.243 e. The molecule has 0 bridgehead atoms. The summed E-state index contributed by atoms with van der Waals surface area (Å²) in [6.07, 6.45) is 0.767. The lowest BCUT2D eigenvalue weighted by molar-refractivity contribution is 0.333. The summed E-state index contributed by atoms with van der Waals surface area (Å²) in [4.78, 5) is 2.19. The first-order valence-electron chi connectivity index (χ1n) is 6.57. The molecule has 0 fully saturated rings. The molecule has 6 heteroatoms. The van der Waals surface area contributed by atoms with E-state index in [9.17, 15) is 8.42 Å². The fourth-order valence-corrected chi connectivity index (χ4v) is 3.29. The first-order valence-corrected chi connectivity index (χ1v) is 8.01. The molecule has 0 aliphatic heterocycles. The number of nitrogens with zero attached hydrogens (tertiary/aromatic N) is 3. The Morgan fingerprint density at radius 3 is 2.15 bits per heavy atom. The van der Waals surface area contributed by atoms with Crippen molar-refractivity contribution >= 4 is 10.0 Å². The van der Waals surface area contributed by atoms with Gasteiger partial charge in [-0.05, 0) is 44.8 Å². The van der Waals surface area contributed by atoms with Gasteiger partial charge in [0.15, 0.2) is 0 Å². The molecule has 1 rings (SSSR count). The van der Waals surface area contributed by atoms with Crippen molar-refractivity contribution in [1.29, 1.82) is 5.26 Å². The van der Waals surface area contributed by atoms with Crippen LogP contribution in [0.3, 0.4) is 0 Å². The Balaban J connectivity index is 2.99. The molecular weight excluding hydrogens is 274 g/mol. The summed E-state index contributed by atoms with van der Waals surface area (Å²) in [6.45, 7) is 3.59. The zero-order chi connectivity index (χ0) is 15.2. The third-order valence-corrected chi connectivity index (χ3v) is 4.80. The molecule has 5 nitrogen and oxygen atoms in total. The lowest BCUT2D eigenvalue weighted by Gasteiger charge is -2.23. The summed E-state index contributed by atoms with van der Waals surface area (Å²) in [5.41, 5.74) is 0.458. The topological polar surface area (TPSA) is 64.4 Å². The monoisotopic (exact) mass is 295 g/mol. The Labute approximate surface area is 121 Å². The van der Waals surface area contributed by atoms with Crippen LogP contribution >= 0.6 is 0 Å². The average molecular weight is 295 g/mol. The number of nitriles is 1. The van der Waals surface area contributed by atoms with E-state index >= 15 is 0 Å². The lowest BCUT2D eigenvalue weighted by atomic mass is 10.2. The molecule has 0 aromatic heterocycles. The van der Waals surface area contributed by atoms with Crippen molar-refractivity contribution in [3.63, 3.8) is 0 Å². The van der Waals surface area contributed by atoms with Crippen LogP contribution in [0.5, 0.6) is 0 Å². The van der Waals surface area contributed by atoms with Crippen LogP contribution in [0.4, 0.5) is 0 Å². The molecule has 0 radical (unpaired) electrons. The molecule has 1 aromatic carbocycles. The molecule has 0 atom stereocenters. The molecule has 0 N–H and O–H groups in total. The van der Waals surface area contributed by atoms with Crippen LogP contribution in [0.15, 0.2) is 29.2 Å². The van der Waals surface area contributed by atoms with Gasteiger partial charge in [-0.2, -0.15) is 9.57 Å². The Hall–Kier alpha value is -1.42. The van der Waals surface area contributed by atoms with Crippen molar-refractivity contribution in [3.8, 4) is 6.07 Å². The van der Waals surface area contributed by atoms with Crippen LogP contribution in [0, 0.1) is 11.3 Å². The van der Waals surface area contributed by atoms with E-state index in [0.717, 1.165) is 6.42 Å². The highest BCUT2D eigenvalue weighted by Gasteiger charge is 2.23. The molecule has 0 saturated carbocycles. The standard InChI is InChI=1S/C14H21N3O2S/c1-4-9-17(11-10-16(2)3)20(18,19)14-7-5-13(12-15)6-8-14/h5-8H,4,9-11H2,1-3H3. The highest BCUT2D eigenvalue weighted by atomic mass is 32.2. The van der Waals surface area contributed by atoms with Crippen LogP contribution in [0.25, 0.3) is 0 Å². The first kappa shape index (κ1) is 16.6. The Bertz CT molecular complexity index is 559. The van der Waals surface area contributed by atoms with Gasteiger partial charge in [0, 0.05) is 19.6 Å². The molecule has 0 amide bonds. The fraction of sp³-hybridized carbons (Fsp3) is 0.500. The van der Waals surface area contributed by atoms with E-state index in [-0.39, 0.29) is 4.90 Å². The second-order valence-corrected chi connectivity index (χ2v) is 6.78. The fourth-order valence-electron chi connectivity index (χ4n) is 1.76. The van der Waals surface area contributed by atoms with Crippen molar-refractivity contribution in [1.82, 2.24) is 9.21 Å². The van der Waals surface area contributed by atoms with Gasteiger partial charge in [-0.3, -0.25) is 0 Å². The summed E-state index contributed by atoms with van der Waals surface area (Å²) in [5.74, 6) is 0. The van der Waals surface area contributed by atoms with Gasteiger partial charge in [0.25, 0.3) is 0 Å². The van der Waals surface area contributed by atoms with Gasteiger partial charge >= 0.3 is 0 Å². The molecule has 0 saturated heterocycles. The predicted octanol–water partition coefficient (Wildman–Crippen LogP) is 1.52. The number of likely N-dealkylation sites (N-methyl/N-ethyl adjacent to an activating group) is 1. The summed E-state index contributed by atoms with van der Waals surface area (Å²) < 4.78 is 26.6. The van der Waals surface area contributed by atoms with E-state index in [2.05, 4.69) is 0 Å². The molecule has 0 heterocycles. The highest BCUT2D eigenvalue weighted by Crippen LogP contribution is 2.16. The van der Waals surface area contributed by atoms with E-state index in [4.69, 9.17) is 5.26 Å². The number of sulfonamides is 1. The van der Waals surface area contributed by atoms with Crippen molar-refractivity contribution in [2.45, 2.75) is 18.2 Å². The maximum atomic E-state index is 12.6. The second-order valence-electron chi connectivity index (χ2n) is 4.84. The van der Waals surface area contributed by atoms with Crippen molar-refractivity contribution < 1.29 is 8.42 Å². The van der Waals surface area contributed by atoms with Crippen LogP contribution in [0.2, 0.25) is 0 Å². The van der Waals surface area contributed by atoms with Gasteiger partial charge < -0.3 is 4.90 Å². The van der Waals surface area contributed by atoms with Crippen molar-refractivity contribution in [2.24, 2.45) is 0 Å². The van der Waals surface area contributed by atoms with Crippen molar-refractivity contribution in [2.75, 3.05) is 33.7 Å². The second kappa shape index (κ2) is 7.39. The summed E-state index contributed by atoms with van der Waals surface area (Å²) in [6, 6.07) is 8.03. The highest BCUT2D eigenvalue weighted by molar-refractivity contribution is 7.89. The zero-order valence-corrected chi connectivity index (χ0v) is 13.0. The number of benzene rings is 1. The number of hydrogen-bond donors (Lipinski definition) is 0. The van der Waals surface area contributed by atoms with Crippen LogP contribution in [-0.4, -0.2) is 51.4 Å². The molecule has 110 valence electrons. The van der Waals surface area contributed by atoms with E-state index in [1.54, 1.807) is 0 Å². The molecule has 0 aliphatic rings. The normalized spacial score (nSPS) is 11.8. The lowest BCUT2D eigenvalue weighted by Crippen LogP contribution is -2.37. The summed E-state index contributed by atoms with van der Waals surface area (Å²) in [7, 11) is 0.344. The van der Waals surface area contributed by atoms with E-state index in [1.807, 2.05) is 32.0 Å². The van der Waals surface area contributed by atoms with Crippen molar-refractivity contribution in [3.05, 3.63) is 29.8 Å². The maximum absolute atomic E-state index is 12.6. The van der Waals surface area contributed by atoms with Crippen LogP contribution in [0.1, 0.15) is 18.9 Å². The molecule has 0 spiro atoms. The molecule has 20 heavy (non-hydrogen) atoms. The minimum atomic E-state index is -3.49. The average Bonchev–Trinajstić information content (AvgIpc) is 2.43. The van der Waals surface area contributed by atoms with Gasteiger partial charge in [-0.15, -0.1) is 0 Å². The van der Waals surface area contributed by atoms with E-state index < -0.39 is 10.0 Å². The molecular formula is C14H21N3O2S. The predicted molar refractivity (Wildman–Crippen MR) is 78.8 cm³/mol. The van der Waals surface area contributed by atoms with Gasteiger partial charge in [0.1, 0.15) is 0 Å². The summed E-state index contributed by atoms with van der Waals surface area (Å²) >= 11 is 0. The van der Waals surface area contributed by atoms with Gasteiger partial charge in [0.05, 0.1) is 16.5 Å². The Kier molecular flexibility index (Phi) is 6.14. The quantitative estimate of drug-likeness (QED) is 0.765. The van der Waals surface area contributed by atoms with Gasteiger partial charge in [-0.25, -0.2) is 8.42 Å². The van der Waals surface area contributed by atoms with E-state index in [0.29, 0.717) is 25.2 Å². The van der Waals surface area contributed by atoms with Gasteiger partial charge in [-0.1, -0.05) is 6.92 Å². The Morgan fingerprint density at radius 1 is 1.10 bits per heavy atom. The number of hydrogen-bond acceptors (Lipinski definition) is 4. The third kappa shape index (κ3) is 4.30. The Morgan fingerprint density at radius 2 is 1.70 bits per heavy atom.